The van der Waals surface area contributed by atoms with Crippen LogP contribution >= 0.6 is 11.8 Å². The lowest BCUT2D eigenvalue weighted by Gasteiger charge is -2.10. The van der Waals surface area contributed by atoms with Gasteiger partial charge in [-0.2, -0.15) is 0 Å². The fraction of sp³-hybridized carbons (Fsp3) is 0.0952. The van der Waals surface area contributed by atoms with Gasteiger partial charge in [-0.05, 0) is 73.8 Å². The number of aryl methyl sites for hydroxylation is 1. The van der Waals surface area contributed by atoms with Crippen LogP contribution in [0.15, 0.2) is 82.6 Å². The molecule has 0 bridgehead atoms. The largest absolute Gasteiger partial charge is 0.322 e. The smallest absolute Gasteiger partial charge is 0.261 e. The average Bonchev–Trinajstić information content (AvgIpc) is 2.69. The quantitative estimate of drug-likeness (QED) is 0.572. The third kappa shape index (κ3) is 4.94. The van der Waals surface area contributed by atoms with Crippen LogP contribution in [0.25, 0.3) is 0 Å². The van der Waals surface area contributed by atoms with Gasteiger partial charge in [0.1, 0.15) is 0 Å². The van der Waals surface area contributed by atoms with Gasteiger partial charge in [0, 0.05) is 21.8 Å². The lowest BCUT2D eigenvalue weighted by Crippen LogP contribution is -2.14. The van der Waals surface area contributed by atoms with Gasteiger partial charge in [-0.3, -0.25) is 9.52 Å². The summed E-state index contributed by atoms with van der Waals surface area (Å²) in [7, 11) is -3.67. The van der Waals surface area contributed by atoms with E-state index in [2.05, 4.69) is 10.0 Å². The Balaban J connectivity index is 1.68. The third-order valence-electron chi connectivity index (χ3n) is 4.08. The molecule has 0 heterocycles. The molecule has 0 aliphatic rings. The highest BCUT2D eigenvalue weighted by Crippen LogP contribution is 2.20. The summed E-state index contributed by atoms with van der Waals surface area (Å²) < 4.78 is 27.4. The molecule has 2 N–H and O–H groups in total. The van der Waals surface area contributed by atoms with Gasteiger partial charge < -0.3 is 5.32 Å². The van der Waals surface area contributed by atoms with Crippen LogP contribution in [0.2, 0.25) is 0 Å². The summed E-state index contributed by atoms with van der Waals surface area (Å²) in [4.78, 5) is 13.7. The van der Waals surface area contributed by atoms with Crippen molar-refractivity contribution >= 4 is 39.1 Å². The molecule has 0 fully saturated rings. The number of carbonyl (C=O) groups excluding carboxylic acids is 1. The number of benzene rings is 3. The number of hydrogen-bond acceptors (Lipinski definition) is 4. The Morgan fingerprint density at radius 1 is 0.821 bits per heavy atom. The Kier molecular flexibility index (Phi) is 6.06. The number of nitrogens with one attached hydrogen (secondary N) is 2. The Bertz CT molecular complexity index is 1060. The maximum absolute atomic E-state index is 12.4. The maximum atomic E-state index is 12.4. The van der Waals surface area contributed by atoms with Gasteiger partial charge >= 0.3 is 0 Å². The minimum Gasteiger partial charge on any atom is -0.322 e. The van der Waals surface area contributed by atoms with Crippen LogP contribution in [0.4, 0.5) is 11.4 Å². The van der Waals surface area contributed by atoms with Crippen molar-refractivity contribution in [3.63, 3.8) is 0 Å². The summed E-state index contributed by atoms with van der Waals surface area (Å²) in [6.07, 6.45) is 1.99. The molecule has 0 atom stereocenters. The van der Waals surface area contributed by atoms with E-state index in [4.69, 9.17) is 0 Å². The molecule has 0 aromatic heterocycles. The molecule has 0 saturated carbocycles. The number of thioether (sulfide) groups is 1. The highest BCUT2D eigenvalue weighted by Gasteiger charge is 2.14. The van der Waals surface area contributed by atoms with Crippen molar-refractivity contribution in [1.82, 2.24) is 0 Å². The molecule has 0 unspecified atom stereocenters. The SMILES string of the molecule is CSc1ccc(NC(=O)c2ccc(NS(=O)(=O)c3ccc(C)cc3)cc2)cc1. The molecule has 5 nitrogen and oxygen atoms in total. The number of anilines is 2. The highest BCUT2D eigenvalue weighted by molar-refractivity contribution is 7.98. The van der Waals surface area contributed by atoms with Crippen molar-refractivity contribution in [2.45, 2.75) is 16.7 Å². The second-order valence-electron chi connectivity index (χ2n) is 6.18. The molecule has 144 valence electrons. The van der Waals surface area contributed by atoms with E-state index in [-0.39, 0.29) is 10.8 Å². The van der Waals surface area contributed by atoms with Crippen LogP contribution in [-0.4, -0.2) is 20.6 Å². The van der Waals surface area contributed by atoms with Crippen LogP contribution in [0.5, 0.6) is 0 Å². The molecule has 0 spiro atoms. The van der Waals surface area contributed by atoms with Crippen molar-refractivity contribution in [2.75, 3.05) is 16.3 Å². The van der Waals surface area contributed by atoms with Gasteiger partial charge in [0.2, 0.25) is 0 Å². The summed E-state index contributed by atoms with van der Waals surface area (Å²) in [5, 5.41) is 2.82. The number of amides is 1. The molecule has 3 rings (SSSR count). The van der Waals surface area contributed by atoms with Crippen LogP contribution < -0.4 is 10.0 Å². The molecular formula is C21H20N2O3S2. The lowest BCUT2D eigenvalue weighted by molar-refractivity contribution is 0.102. The minimum atomic E-state index is -3.67. The Labute approximate surface area is 169 Å². The van der Waals surface area contributed by atoms with Crippen molar-refractivity contribution in [2.24, 2.45) is 0 Å². The number of rotatable bonds is 6. The highest BCUT2D eigenvalue weighted by atomic mass is 32.2. The molecule has 0 saturated heterocycles. The van der Waals surface area contributed by atoms with Crippen LogP contribution in [-0.2, 0) is 10.0 Å². The second-order valence-corrected chi connectivity index (χ2v) is 8.74. The molecule has 0 radical (unpaired) electrons. The lowest BCUT2D eigenvalue weighted by atomic mass is 10.2. The molecule has 0 aliphatic heterocycles. The fourth-order valence-electron chi connectivity index (χ4n) is 2.50. The van der Waals surface area contributed by atoms with E-state index in [1.54, 1.807) is 60.3 Å². The Morgan fingerprint density at radius 2 is 1.39 bits per heavy atom. The zero-order valence-corrected chi connectivity index (χ0v) is 17.1. The molecule has 28 heavy (non-hydrogen) atoms. The summed E-state index contributed by atoms with van der Waals surface area (Å²) in [6, 6.07) is 20.4. The summed E-state index contributed by atoms with van der Waals surface area (Å²) >= 11 is 1.63. The topological polar surface area (TPSA) is 75.3 Å². The predicted molar refractivity (Wildman–Crippen MR) is 115 cm³/mol. The summed E-state index contributed by atoms with van der Waals surface area (Å²) in [5.74, 6) is -0.259. The number of carbonyl (C=O) groups is 1. The number of hydrogen-bond donors (Lipinski definition) is 2. The van der Waals surface area contributed by atoms with Gasteiger partial charge in [0.25, 0.3) is 15.9 Å². The second kappa shape index (κ2) is 8.50. The zero-order valence-electron chi connectivity index (χ0n) is 15.5. The first-order valence-corrected chi connectivity index (χ1v) is 11.2. The molecule has 0 aliphatic carbocycles. The molecule has 3 aromatic rings. The monoisotopic (exact) mass is 412 g/mol. The van der Waals surface area contributed by atoms with Crippen molar-refractivity contribution < 1.29 is 13.2 Å². The van der Waals surface area contributed by atoms with E-state index in [9.17, 15) is 13.2 Å². The molecule has 1 amide bonds. The van der Waals surface area contributed by atoms with E-state index in [1.165, 1.54) is 0 Å². The first-order chi connectivity index (χ1) is 13.4. The Hall–Kier alpha value is -2.77. The summed E-state index contributed by atoms with van der Waals surface area (Å²) in [5.41, 5.74) is 2.51. The van der Waals surface area contributed by atoms with E-state index >= 15 is 0 Å². The van der Waals surface area contributed by atoms with Crippen LogP contribution in [0.3, 0.4) is 0 Å². The van der Waals surface area contributed by atoms with E-state index in [0.29, 0.717) is 16.9 Å². The minimum absolute atomic E-state index is 0.189. The van der Waals surface area contributed by atoms with E-state index in [1.807, 2.05) is 37.4 Å². The normalized spacial score (nSPS) is 11.1. The standard InChI is InChI=1S/C21H20N2O3S2/c1-15-3-13-20(14-4-15)28(25,26)23-18-7-5-16(6-8-18)21(24)22-17-9-11-19(27-2)12-10-17/h3-14,23H,1-2H3,(H,22,24). The van der Waals surface area contributed by atoms with E-state index in [0.717, 1.165) is 10.5 Å². The first-order valence-electron chi connectivity index (χ1n) is 8.52. The maximum Gasteiger partial charge on any atom is 0.261 e. The fourth-order valence-corrected chi connectivity index (χ4v) is 3.97. The van der Waals surface area contributed by atoms with Crippen molar-refractivity contribution in [3.8, 4) is 0 Å². The average molecular weight is 413 g/mol. The zero-order chi connectivity index (χ0) is 20.1. The molecule has 7 heteroatoms. The van der Waals surface area contributed by atoms with Crippen LogP contribution in [0.1, 0.15) is 15.9 Å². The van der Waals surface area contributed by atoms with Gasteiger partial charge in [-0.25, -0.2) is 8.42 Å². The number of sulfonamides is 1. The van der Waals surface area contributed by atoms with Gasteiger partial charge in [-0.1, -0.05) is 17.7 Å². The first kappa shape index (κ1) is 20.0. The Morgan fingerprint density at radius 3 is 1.96 bits per heavy atom. The van der Waals surface area contributed by atoms with Gasteiger partial charge in [-0.15, -0.1) is 11.8 Å². The predicted octanol–water partition coefficient (Wildman–Crippen LogP) is 4.77. The molecular weight excluding hydrogens is 392 g/mol. The van der Waals surface area contributed by atoms with Crippen molar-refractivity contribution in [3.05, 3.63) is 83.9 Å². The van der Waals surface area contributed by atoms with Crippen LogP contribution in [0, 0.1) is 6.92 Å². The third-order valence-corrected chi connectivity index (χ3v) is 6.22. The summed E-state index contributed by atoms with van der Waals surface area (Å²) in [6.45, 7) is 1.89. The molecule has 3 aromatic carbocycles. The van der Waals surface area contributed by atoms with Gasteiger partial charge in [0.05, 0.1) is 4.90 Å². The van der Waals surface area contributed by atoms with Gasteiger partial charge in [0.15, 0.2) is 0 Å². The van der Waals surface area contributed by atoms with Crippen molar-refractivity contribution in [1.29, 1.82) is 0 Å². The van der Waals surface area contributed by atoms with E-state index < -0.39 is 10.0 Å².